The summed E-state index contributed by atoms with van der Waals surface area (Å²) in [5.41, 5.74) is 5.01. The molecule has 6 heteroatoms. The van der Waals surface area contributed by atoms with Crippen molar-refractivity contribution in [3.05, 3.63) is 16.6 Å². The Kier molecular flexibility index (Phi) is 4.44. The maximum atomic E-state index is 6.15. The molecule has 1 aromatic heterocycles. The highest BCUT2D eigenvalue weighted by Crippen LogP contribution is 2.43. The average molecular weight is 299 g/mol. The fraction of sp³-hybridized carbons (Fsp3) is 0.769. The average Bonchev–Trinajstić information content (AvgIpc) is 2.95. The number of hydrazine groups is 1. The third kappa shape index (κ3) is 2.97. The van der Waals surface area contributed by atoms with E-state index < -0.39 is 0 Å². The van der Waals surface area contributed by atoms with Crippen LogP contribution in [0.25, 0.3) is 0 Å². The SMILES string of the molecule is NNC(c1cncs1)C1CCOC2(CCSCC2)C1. The lowest BCUT2D eigenvalue weighted by molar-refractivity contribution is -0.107. The Balaban J connectivity index is 1.73. The van der Waals surface area contributed by atoms with Gasteiger partial charge >= 0.3 is 0 Å². The topological polar surface area (TPSA) is 60.2 Å². The summed E-state index contributed by atoms with van der Waals surface area (Å²) in [6.45, 7) is 0.867. The van der Waals surface area contributed by atoms with Crippen LogP contribution in [0.5, 0.6) is 0 Å². The van der Waals surface area contributed by atoms with Crippen LogP contribution in [-0.4, -0.2) is 28.7 Å². The molecule has 1 spiro atoms. The van der Waals surface area contributed by atoms with Crippen LogP contribution in [0.1, 0.15) is 36.6 Å². The quantitative estimate of drug-likeness (QED) is 0.663. The van der Waals surface area contributed by atoms with E-state index in [-0.39, 0.29) is 11.6 Å². The molecular formula is C13H21N3OS2. The summed E-state index contributed by atoms with van der Waals surface area (Å²) in [6, 6.07) is 0.225. The molecule has 2 aliphatic heterocycles. The molecule has 0 bridgehead atoms. The molecule has 2 atom stereocenters. The molecule has 2 aliphatic rings. The Morgan fingerprint density at radius 3 is 3.00 bits per heavy atom. The number of nitrogens with zero attached hydrogens (tertiary/aromatic N) is 1. The van der Waals surface area contributed by atoms with E-state index in [2.05, 4.69) is 10.4 Å². The second kappa shape index (κ2) is 6.10. The van der Waals surface area contributed by atoms with Crippen LogP contribution in [-0.2, 0) is 4.74 Å². The number of hydrogen-bond acceptors (Lipinski definition) is 6. The van der Waals surface area contributed by atoms with Crippen LogP contribution in [0, 0.1) is 5.92 Å². The van der Waals surface area contributed by atoms with Crippen molar-refractivity contribution in [2.45, 2.75) is 37.3 Å². The lowest BCUT2D eigenvalue weighted by Crippen LogP contribution is -2.46. The summed E-state index contributed by atoms with van der Waals surface area (Å²) in [7, 11) is 0. The fourth-order valence-corrected chi connectivity index (χ4v) is 5.28. The zero-order valence-corrected chi connectivity index (χ0v) is 12.6. The van der Waals surface area contributed by atoms with Crippen LogP contribution < -0.4 is 11.3 Å². The van der Waals surface area contributed by atoms with Crippen molar-refractivity contribution < 1.29 is 4.74 Å². The number of hydrogen-bond donors (Lipinski definition) is 2. The van der Waals surface area contributed by atoms with Gasteiger partial charge in [0, 0.05) is 17.7 Å². The van der Waals surface area contributed by atoms with E-state index in [4.69, 9.17) is 10.6 Å². The smallest absolute Gasteiger partial charge is 0.0794 e. The van der Waals surface area contributed by atoms with Gasteiger partial charge in [0.2, 0.25) is 0 Å². The third-order valence-corrected chi connectivity index (χ3v) is 6.19. The predicted molar refractivity (Wildman–Crippen MR) is 80.1 cm³/mol. The molecule has 0 amide bonds. The molecule has 4 nitrogen and oxygen atoms in total. The molecule has 0 aromatic carbocycles. The van der Waals surface area contributed by atoms with Gasteiger partial charge in [-0.1, -0.05) is 0 Å². The minimum atomic E-state index is 0.119. The van der Waals surface area contributed by atoms with Gasteiger partial charge in [0.25, 0.3) is 0 Å². The largest absolute Gasteiger partial charge is 0.375 e. The molecule has 0 radical (unpaired) electrons. The van der Waals surface area contributed by atoms with E-state index in [1.165, 1.54) is 29.2 Å². The van der Waals surface area contributed by atoms with Gasteiger partial charge in [-0.25, -0.2) is 0 Å². The molecule has 19 heavy (non-hydrogen) atoms. The molecule has 0 aliphatic carbocycles. The van der Waals surface area contributed by atoms with Crippen LogP contribution in [0.3, 0.4) is 0 Å². The maximum Gasteiger partial charge on any atom is 0.0794 e. The molecule has 3 rings (SSSR count). The van der Waals surface area contributed by atoms with Crippen LogP contribution in [0.2, 0.25) is 0 Å². The summed E-state index contributed by atoms with van der Waals surface area (Å²) in [5, 5.41) is 0. The molecule has 3 heterocycles. The van der Waals surface area contributed by atoms with E-state index in [1.807, 2.05) is 23.5 Å². The van der Waals surface area contributed by atoms with Crippen molar-refractivity contribution in [3.8, 4) is 0 Å². The predicted octanol–water partition coefficient (Wildman–Crippen LogP) is 2.34. The Bertz CT molecular complexity index is 387. The zero-order valence-electron chi connectivity index (χ0n) is 11.0. The van der Waals surface area contributed by atoms with Gasteiger partial charge in [0.05, 0.1) is 17.2 Å². The van der Waals surface area contributed by atoms with E-state index >= 15 is 0 Å². The Morgan fingerprint density at radius 2 is 2.32 bits per heavy atom. The first-order valence-electron chi connectivity index (χ1n) is 6.89. The Labute approximate surface area is 122 Å². The normalized spacial score (nSPS) is 28.4. The van der Waals surface area contributed by atoms with Crippen LogP contribution in [0.4, 0.5) is 0 Å². The highest BCUT2D eigenvalue weighted by atomic mass is 32.2. The second-order valence-electron chi connectivity index (χ2n) is 5.44. The number of thiazole rings is 1. The summed E-state index contributed by atoms with van der Waals surface area (Å²) in [6.07, 6.45) is 6.53. The summed E-state index contributed by atoms with van der Waals surface area (Å²) >= 11 is 3.73. The highest BCUT2D eigenvalue weighted by molar-refractivity contribution is 7.99. The van der Waals surface area contributed by atoms with Gasteiger partial charge < -0.3 is 4.74 Å². The molecule has 106 valence electrons. The minimum absolute atomic E-state index is 0.119. The van der Waals surface area contributed by atoms with Gasteiger partial charge in [-0.3, -0.25) is 16.3 Å². The lowest BCUT2D eigenvalue weighted by atomic mass is 9.78. The van der Waals surface area contributed by atoms with Crippen LogP contribution in [0.15, 0.2) is 11.7 Å². The van der Waals surface area contributed by atoms with E-state index in [0.29, 0.717) is 5.92 Å². The number of nitrogens with two attached hydrogens (primary N) is 1. The van der Waals surface area contributed by atoms with Gasteiger partial charge in [-0.15, -0.1) is 11.3 Å². The number of aromatic nitrogens is 1. The second-order valence-corrected chi connectivity index (χ2v) is 7.59. The summed E-state index contributed by atoms with van der Waals surface area (Å²) in [5.74, 6) is 8.81. The number of nitrogens with one attached hydrogen (secondary N) is 1. The standard InChI is InChI=1S/C13H21N3OS2/c14-16-12(11-8-15-9-19-11)10-1-4-17-13(7-10)2-5-18-6-3-13/h8-10,12,16H,1-7,14H2. The molecule has 2 unspecified atom stereocenters. The zero-order chi connectivity index (χ0) is 13.1. The van der Waals surface area contributed by atoms with Crippen LogP contribution >= 0.6 is 23.1 Å². The fourth-order valence-electron chi connectivity index (χ4n) is 3.27. The Hall–Kier alpha value is -0.140. The van der Waals surface area contributed by atoms with E-state index in [1.54, 1.807) is 11.3 Å². The van der Waals surface area contributed by atoms with Gasteiger partial charge in [-0.05, 0) is 43.1 Å². The molecular weight excluding hydrogens is 278 g/mol. The molecule has 2 saturated heterocycles. The minimum Gasteiger partial charge on any atom is -0.375 e. The monoisotopic (exact) mass is 299 g/mol. The maximum absolute atomic E-state index is 6.15. The van der Waals surface area contributed by atoms with E-state index in [0.717, 1.165) is 19.4 Å². The van der Waals surface area contributed by atoms with Crippen molar-refractivity contribution in [1.82, 2.24) is 10.4 Å². The van der Waals surface area contributed by atoms with Gasteiger partial charge in [-0.2, -0.15) is 11.8 Å². The third-order valence-electron chi connectivity index (χ3n) is 4.34. The van der Waals surface area contributed by atoms with Crippen molar-refractivity contribution in [2.75, 3.05) is 18.1 Å². The van der Waals surface area contributed by atoms with Crippen molar-refractivity contribution in [3.63, 3.8) is 0 Å². The van der Waals surface area contributed by atoms with Gasteiger partial charge in [0.15, 0.2) is 0 Å². The van der Waals surface area contributed by atoms with Crippen molar-refractivity contribution in [1.29, 1.82) is 0 Å². The molecule has 1 aromatic rings. The lowest BCUT2D eigenvalue weighted by Gasteiger charge is -2.45. The van der Waals surface area contributed by atoms with E-state index in [9.17, 15) is 0 Å². The molecule has 3 N–H and O–H groups in total. The first-order chi connectivity index (χ1) is 9.33. The van der Waals surface area contributed by atoms with Crippen molar-refractivity contribution in [2.24, 2.45) is 11.8 Å². The summed E-state index contributed by atoms with van der Waals surface area (Å²) in [4.78, 5) is 5.42. The highest BCUT2D eigenvalue weighted by Gasteiger charge is 2.41. The summed E-state index contributed by atoms with van der Waals surface area (Å²) < 4.78 is 6.15. The van der Waals surface area contributed by atoms with Crippen molar-refractivity contribution >= 4 is 23.1 Å². The number of thioether (sulfide) groups is 1. The first kappa shape index (κ1) is 13.8. The molecule has 0 saturated carbocycles. The number of ether oxygens (including phenoxy) is 1. The van der Waals surface area contributed by atoms with Gasteiger partial charge in [0.1, 0.15) is 0 Å². The Morgan fingerprint density at radius 1 is 1.47 bits per heavy atom. The number of rotatable bonds is 3. The first-order valence-corrected chi connectivity index (χ1v) is 8.93. The molecule has 2 fully saturated rings.